The molecule has 2 aromatic carbocycles. The Morgan fingerprint density at radius 1 is 1.16 bits per heavy atom. The maximum atomic E-state index is 11.9. The van der Waals surface area contributed by atoms with E-state index >= 15 is 0 Å². The van der Waals surface area contributed by atoms with Crippen LogP contribution in [0.25, 0.3) is 11.0 Å². The quantitative estimate of drug-likeness (QED) is 0.550. The smallest absolute Gasteiger partial charge is 0.407 e. The standard InChI is InChI=1S/C22H25ClN4O4/c1-22(2,3)31-21(29)24-12-13-6-8-15(23)16(10-13)25-20-26-17-11-14(19(28)30-5)7-9-18(17)27(20)4/h6-11H,12H2,1-5H3,(H,24,29)(H,25,26). The number of aromatic nitrogens is 2. The highest BCUT2D eigenvalue weighted by molar-refractivity contribution is 6.33. The van der Waals surface area contributed by atoms with Gasteiger partial charge in [-0.2, -0.15) is 0 Å². The number of alkyl carbamates (subject to hydrolysis) is 1. The lowest BCUT2D eigenvalue weighted by Gasteiger charge is -2.19. The summed E-state index contributed by atoms with van der Waals surface area (Å²) in [5, 5.41) is 6.45. The SMILES string of the molecule is COC(=O)c1ccc2c(c1)nc(Nc1cc(CNC(=O)OC(C)(C)C)ccc1Cl)n2C. The van der Waals surface area contributed by atoms with Gasteiger partial charge in [0.1, 0.15) is 5.60 Å². The fourth-order valence-electron chi connectivity index (χ4n) is 2.94. The Morgan fingerprint density at radius 3 is 2.58 bits per heavy atom. The van der Waals surface area contributed by atoms with Crippen LogP contribution in [0.4, 0.5) is 16.4 Å². The van der Waals surface area contributed by atoms with E-state index in [0.29, 0.717) is 27.7 Å². The van der Waals surface area contributed by atoms with Gasteiger partial charge in [0.05, 0.1) is 34.4 Å². The van der Waals surface area contributed by atoms with Gasteiger partial charge in [-0.25, -0.2) is 14.6 Å². The van der Waals surface area contributed by atoms with Crippen LogP contribution in [0.15, 0.2) is 36.4 Å². The van der Waals surface area contributed by atoms with Crippen molar-refractivity contribution in [3.05, 3.63) is 52.5 Å². The van der Waals surface area contributed by atoms with E-state index < -0.39 is 17.7 Å². The Kier molecular flexibility index (Phi) is 6.40. The maximum Gasteiger partial charge on any atom is 0.407 e. The molecule has 2 N–H and O–H groups in total. The number of ether oxygens (including phenoxy) is 2. The summed E-state index contributed by atoms with van der Waals surface area (Å²) in [7, 11) is 3.20. The largest absolute Gasteiger partial charge is 0.465 e. The summed E-state index contributed by atoms with van der Waals surface area (Å²) in [6, 6.07) is 10.6. The van der Waals surface area contributed by atoms with Crippen molar-refractivity contribution in [2.24, 2.45) is 7.05 Å². The van der Waals surface area contributed by atoms with Crippen molar-refractivity contribution in [1.82, 2.24) is 14.9 Å². The number of benzene rings is 2. The van der Waals surface area contributed by atoms with Crippen LogP contribution in [0.3, 0.4) is 0 Å². The van der Waals surface area contributed by atoms with Crippen molar-refractivity contribution in [2.75, 3.05) is 12.4 Å². The summed E-state index contributed by atoms with van der Waals surface area (Å²) < 4.78 is 11.9. The van der Waals surface area contributed by atoms with E-state index in [1.54, 1.807) is 18.2 Å². The second-order valence-corrected chi connectivity index (χ2v) is 8.39. The fraction of sp³-hybridized carbons (Fsp3) is 0.318. The topological polar surface area (TPSA) is 94.5 Å². The molecule has 0 radical (unpaired) electrons. The zero-order valence-corrected chi connectivity index (χ0v) is 18.8. The Bertz CT molecular complexity index is 1130. The number of hydrogen-bond donors (Lipinski definition) is 2. The van der Waals surface area contributed by atoms with Gasteiger partial charge in [0.25, 0.3) is 0 Å². The second-order valence-electron chi connectivity index (χ2n) is 7.98. The van der Waals surface area contributed by atoms with Crippen LogP contribution in [-0.2, 0) is 23.1 Å². The van der Waals surface area contributed by atoms with Gasteiger partial charge in [0.2, 0.25) is 5.95 Å². The third-order valence-corrected chi connectivity index (χ3v) is 4.74. The number of nitrogens with zero attached hydrogens (tertiary/aromatic N) is 2. The summed E-state index contributed by atoms with van der Waals surface area (Å²) in [5.41, 5.74) is 2.82. The molecular weight excluding hydrogens is 420 g/mol. The number of esters is 1. The van der Waals surface area contributed by atoms with E-state index in [1.807, 2.05) is 50.6 Å². The molecule has 0 aliphatic carbocycles. The number of carbonyl (C=O) groups excluding carboxylic acids is 2. The number of fused-ring (bicyclic) bond motifs is 1. The Hall–Kier alpha value is -3.26. The first kappa shape index (κ1) is 22.4. The van der Waals surface area contributed by atoms with Crippen LogP contribution in [0.2, 0.25) is 5.02 Å². The summed E-state index contributed by atoms with van der Waals surface area (Å²) in [5.74, 6) is 0.131. The molecule has 31 heavy (non-hydrogen) atoms. The molecule has 0 unspecified atom stereocenters. The number of methoxy groups -OCH3 is 1. The molecule has 0 spiro atoms. The Balaban J connectivity index is 1.80. The van der Waals surface area contributed by atoms with Crippen LogP contribution in [0.5, 0.6) is 0 Å². The van der Waals surface area contributed by atoms with Crippen LogP contribution < -0.4 is 10.6 Å². The van der Waals surface area contributed by atoms with E-state index in [-0.39, 0.29) is 6.54 Å². The molecule has 0 bridgehead atoms. The fourth-order valence-corrected chi connectivity index (χ4v) is 3.11. The summed E-state index contributed by atoms with van der Waals surface area (Å²) in [4.78, 5) is 28.2. The first-order valence-electron chi connectivity index (χ1n) is 9.64. The van der Waals surface area contributed by atoms with Gasteiger partial charge >= 0.3 is 12.1 Å². The molecule has 0 saturated heterocycles. The lowest BCUT2D eigenvalue weighted by Crippen LogP contribution is -2.32. The number of halogens is 1. The minimum absolute atomic E-state index is 0.284. The van der Waals surface area contributed by atoms with E-state index in [2.05, 4.69) is 15.6 Å². The van der Waals surface area contributed by atoms with E-state index in [9.17, 15) is 9.59 Å². The van der Waals surface area contributed by atoms with Crippen LogP contribution in [0, 0.1) is 0 Å². The predicted molar refractivity (Wildman–Crippen MR) is 120 cm³/mol. The third kappa shape index (κ3) is 5.46. The highest BCUT2D eigenvalue weighted by Crippen LogP contribution is 2.28. The van der Waals surface area contributed by atoms with E-state index in [1.165, 1.54) is 7.11 Å². The number of amides is 1. The van der Waals surface area contributed by atoms with Crippen LogP contribution in [0.1, 0.15) is 36.7 Å². The first-order valence-corrected chi connectivity index (χ1v) is 10.0. The van der Waals surface area contributed by atoms with Gasteiger partial charge in [-0.1, -0.05) is 17.7 Å². The highest BCUT2D eigenvalue weighted by Gasteiger charge is 2.16. The molecular formula is C22H25ClN4O4. The second kappa shape index (κ2) is 8.85. The Labute approximate surface area is 185 Å². The molecule has 0 aliphatic rings. The molecule has 9 heteroatoms. The number of anilines is 2. The van der Waals surface area contributed by atoms with Gasteiger partial charge in [0.15, 0.2) is 0 Å². The number of hydrogen-bond acceptors (Lipinski definition) is 6. The number of rotatable bonds is 5. The molecule has 0 fully saturated rings. The van der Waals surface area contributed by atoms with Gasteiger partial charge < -0.3 is 24.7 Å². The predicted octanol–water partition coefficient (Wildman–Crippen LogP) is 4.78. The van der Waals surface area contributed by atoms with Crippen molar-refractivity contribution >= 4 is 46.3 Å². The average molecular weight is 445 g/mol. The van der Waals surface area contributed by atoms with E-state index in [4.69, 9.17) is 21.1 Å². The van der Waals surface area contributed by atoms with Gasteiger partial charge in [-0.15, -0.1) is 0 Å². The molecule has 0 atom stereocenters. The normalized spacial score (nSPS) is 11.3. The third-order valence-electron chi connectivity index (χ3n) is 4.41. The minimum Gasteiger partial charge on any atom is -0.465 e. The highest BCUT2D eigenvalue weighted by atomic mass is 35.5. The zero-order chi connectivity index (χ0) is 22.8. The van der Waals surface area contributed by atoms with Crippen molar-refractivity contribution < 1.29 is 19.1 Å². The lowest BCUT2D eigenvalue weighted by molar-refractivity contribution is 0.0522. The molecule has 1 amide bonds. The van der Waals surface area contributed by atoms with Crippen LogP contribution >= 0.6 is 11.6 Å². The molecule has 3 rings (SSSR count). The monoisotopic (exact) mass is 444 g/mol. The summed E-state index contributed by atoms with van der Waals surface area (Å²) in [6.45, 7) is 5.71. The molecule has 0 saturated carbocycles. The van der Waals surface area contributed by atoms with Crippen molar-refractivity contribution in [3.8, 4) is 0 Å². The number of nitrogens with one attached hydrogen (secondary N) is 2. The number of carbonyl (C=O) groups is 2. The van der Waals surface area contributed by atoms with Gasteiger partial charge in [0, 0.05) is 13.6 Å². The van der Waals surface area contributed by atoms with Gasteiger partial charge in [-0.3, -0.25) is 0 Å². The molecule has 164 valence electrons. The number of aryl methyl sites for hydroxylation is 1. The molecule has 3 aromatic rings. The van der Waals surface area contributed by atoms with Crippen molar-refractivity contribution in [1.29, 1.82) is 0 Å². The average Bonchev–Trinajstić information content (AvgIpc) is 3.01. The Morgan fingerprint density at radius 2 is 1.90 bits per heavy atom. The maximum absolute atomic E-state index is 11.9. The summed E-state index contributed by atoms with van der Waals surface area (Å²) >= 11 is 6.36. The van der Waals surface area contributed by atoms with Crippen molar-refractivity contribution in [2.45, 2.75) is 32.9 Å². The summed E-state index contributed by atoms with van der Waals surface area (Å²) in [6.07, 6.45) is -0.492. The minimum atomic E-state index is -0.565. The first-order chi connectivity index (χ1) is 14.6. The van der Waals surface area contributed by atoms with E-state index in [0.717, 1.165) is 11.1 Å². The van der Waals surface area contributed by atoms with Crippen LogP contribution in [-0.4, -0.2) is 34.3 Å². The lowest BCUT2D eigenvalue weighted by atomic mass is 10.2. The molecule has 0 aliphatic heterocycles. The molecule has 1 aromatic heterocycles. The van der Waals surface area contributed by atoms with Crippen molar-refractivity contribution in [3.63, 3.8) is 0 Å². The zero-order valence-electron chi connectivity index (χ0n) is 18.1. The van der Waals surface area contributed by atoms with Gasteiger partial charge in [-0.05, 0) is 56.7 Å². The molecule has 8 nitrogen and oxygen atoms in total. The molecule has 1 heterocycles. The number of imidazole rings is 1.